The second-order valence-electron chi connectivity index (χ2n) is 4.59. The number of carbonyl (C=O) groups excluding carboxylic acids is 1. The van der Waals surface area contributed by atoms with E-state index in [4.69, 9.17) is 11.6 Å². The number of pyridine rings is 1. The van der Waals surface area contributed by atoms with Crippen LogP contribution in [0, 0.1) is 10.1 Å². The van der Waals surface area contributed by atoms with Gasteiger partial charge in [0.25, 0.3) is 11.6 Å². The molecule has 2 rings (SSSR count). The van der Waals surface area contributed by atoms with E-state index in [9.17, 15) is 14.9 Å². The van der Waals surface area contributed by atoms with Crippen molar-refractivity contribution in [1.82, 2.24) is 15.2 Å². The number of halogens is 1. The zero-order valence-corrected chi connectivity index (χ0v) is 11.8. The fourth-order valence-electron chi connectivity index (χ4n) is 2.08. The van der Waals surface area contributed by atoms with E-state index in [-0.39, 0.29) is 28.4 Å². The average Bonchev–Trinajstić information content (AvgIpc) is 2.34. The Balaban J connectivity index is 2.34. The second kappa shape index (κ2) is 6.15. The molecule has 1 saturated heterocycles. The lowest BCUT2D eigenvalue weighted by atomic mass is 10.1. The smallest absolute Gasteiger partial charge is 0.300 e. The van der Waals surface area contributed by atoms with Crippen LogP contribution in [0.3, 0.4) is 0 Å². The maximum absolute atomic E-state index is 12.6. The van der Waals surface area contributed by atoms with Gasteiger partial charge in [-0.15, -0.1) is 0 Å². The van der Waals surface area contributed by atoms with Crippen LogP contribution in [-0.4, -0.2) is 46.4 Å². The standard InChI is InChI=1S/C12H15ClN4O3/c1-2-3-16(8-5-14-6-8)12(18)9-4-11(13)15-7-10(9)17(19)20/h4,7-8,14H,2-3,5-6H2,1H3. The number of nitrogens with zero attached hydrogens (tertiary/aromatic N) is 3. The fraction of sp³-hybridized carbons (Fsp3) is 0.500. The van der Waals surface area contributed by atoms with Crippen molar-refractivity contribution in [3.05, 3.63) is 33.1 Å². The van der Waals surface area contributed by atoms with E-state index in [0.29, 0.717) is 19.6 Å². The summed E-state index contributed by atoms with van der Waals surface area (Å²) < 4.78 is 0. The highest BCUT2D eigenvalue weighted by Gasteiger charge is 2.32. The Morgan fingerprint density at radius 3 is 2.85 bits per heavy atom. The number of amides is 1. The zero-order valence-electron chi connectivity index (χ0n) is 11.0. The van der Waals surface area contributed by atoms with Crippen molar-refractivity contribution in [2.24, 2.45) is 0 Å². The molecule has 0 atom stereocenters. The predicted molar refractivity (Wildman–Crippen MR) is 73.9 cm³/mol. The normalized spacial score (nSPS) is 14.7. The van der Waals surface area contributed by atoms with Crippen LogP contribution in [0.25, 0.3) is 0 Å². The van der Waals surface area contributed by atoms with Gasteiger partial charge in [0.15, 0.2) is 0 Å². The van der Waals surface area contributed by atoms with Crippen LogP contribution < -0.4 is 5.32 Å². The number of carbonyl (C=O) groups is 1. The van der Waals surface area contributed by atoms with E-state index in [1.54, 1.807) is 4.90 Å². The van der Waals surface area contributed by atoms with Crippen LogP contribution >= 0.6 is 11.6 Å². The first kappa shape index (κ1) is 14.7. The van der Waals surface area contributed by atoms with Gasteiger partial charge in [0, 0.05) is 19.6 Å². The quantitative estimate of drug-likeness (QED) is 0.505. The van der Waals surface area contributed by atoms with Crippen molar-refractivity contribution < 1.29 is 9.72 Å². The fourth-order valence-corrected chi connectivity index (χ4v) is 2.24. The molecule has 0 spiro atoms. The summed E-state index contributed by atoms with van der Waals surface area (Å²) in [5.74, 6) is -0.366. The Morgan fingerprint density at radius 1 is 1.65 bits per heavy atom. The summed E-state index contributed by atoms with van der Waals surface area (Å²) >= 11 is 5.76. The molecule has 0 aromatic carbocycles. The van der Waals surface area contributed by atoms with Crippen molar-refractivity contribution in [1.29, 1.82) is 0 Å². The minimum Gasteiger partial charge on any atom is -0.333 e. The molecule has 20 heavy (non-hydrogen) atoms. The van der Waals surface area contributed by atoms with Gasteiger partial charge < -0.3 is 10.2 Å². The van der Waals surface area contributed by atoms with Gasteiger partial charge in [-0.2, -0.15) is 0 Å². The molecule has 2 heterocycles. The third-order valence-electron chi connectivity index (χ3n) is 3.20. The van der Waals surface area contributed by atoms with Crippen molar-refractivity contribution in [2.75, 3.05) is 19.6 Å². The molecule has 1 aromatic rings. The highest BCUT2D eigenvalue weighted by Crippen LogP contribution is 2.23. The minimum atomic E-state index is -0.611. The summed E-state index contributed by atoms with van der Waals surface area (Å²) in [5.41, 5.74) is -0.317. The maximum Gasteiger partial charge on any atom is 0.300 e. The largest absolute Gasteiger partial charge is 0.333 e. The Labute approximate surface area is 121 Å². The zero-order chi connectivity index (χ0) is 14.7. The summed E-state index contributed by atoms with van der Waals surface area (Å²) in [6, 6.07) is 1.34. The van der Waals surface area contributed by atoms with Crippen LogP contribution in [0.5, 0.6) is 0 Å². The topological polar surface area (TPSA) is 88.4 Å². The van der Waals surface area contributed by atoms with Crippen LogP contribution in [0.2, 0.25) is 5.15 Å². The lowest BCUT2D eigenvalue weighted by Crippen LogP contribution is -2.59. The minimum absolute atomic E-state index is 0.00431. The highest BCUT2D eigenvalue weighted by atomic mass is 35.5. The van der Waals surface area contributed by atoms with E-state index >= 15 is 0 Å². The average molecular weight is 299 g/mol. The molecule has 0 aliphatic carbocycles. The SMILES string of the molecule is CCCN(C(=O)c1cc(Cl)ncc1[N+](=O)[O-])C1CNC1. The van der Waals surface area contributed by atoms with Gasteiger partial charge in [-0.3, -0.25) is 14.9 Å². The molecule has 8 heteroatoms. The van der Waals surface area contributed by atoms with Crippen molar-refractivity contribution in [3.63, 3.8) is 0 Å². The molecule has 1 aliphatic rings. The third kappa shape index (κ3) is 2.88. The molecule has 1 amide bonds. The summed E-state index contributed by atoms with van der Waals surface area (Å²) in [4.78, 5) is 28.3. The van der Waals surface area contributed by atoms with Crippen LogP contribution in [-0.2, 0) is 0 Å². The lowest BCUT2D eigenvalue weighted by molar-refractivity contribution is -0.385. The number of hydrogen-bond acceptors (Lipinski definition) is 5. The molecule has 1 aromatic heterocycles. The van der Waals surface area contributed by atoms with Gasteiger partial charge in [-0.1, -0.05) is 18.5 Å². The first-order valence-corrected chi connectivity index (χ1v) is 6.74. The molecular weight excluding hydrogens is 284 g/mol. The molecule has 0 bridgehead atoms. The van der Waals surface area contributed by atoms with Crippen LogP contribution in [0.4, 0.5) is 5.69 Å². The van der Waals surface area contributed by atoms with Gasteiger partial charge in [0.1, 0.15) is 16.9 Å². The number of nitrogens with one attached hydrogen (secondary N) is 1. The molecule has 1 fully saturated rings. The van der Waals surface area contributed by atoms with Gasteiger partial charge in [-0.25, -0.2) is 4.98 Å². The van der Waals surface area contributed by atoms with E-state index in [0.717, 1.165) is 12.6 Å². The second-order valence-corrected chi connectivity index (χ2v) is 4.98. The summed E-state index contributed by atoms with van der Waals surface area (Å²) in [6.07, 6.45) is 1.81. The molecule has 0 radical (unpaired) electrons. The van der Waals surface area contributed by atoms with Crippen LogP contribution in [0.15, 0.2) is 12.3 Å². The van der Waals surface area contributed by atoms with Gasteiger partial charge in [-0.05, 0) is 12.5 Å². The number of aromatic nitrogens is 1. The summed E-state index contributed by atoms with van der Waals surface area (Å²) in [6.45, 7) is 3.93. The Morgan fingerprint density at radius 2 is 2.35 bits per heavy atom. The first-order valence-electron chi connectivity index (χ1n) is 6.36. The maximum atomic E-state index is 12.6. The van der Waals surface area contributed by atoms with E-state index in [2.05, 4.69) is 10.3 Å². The van der Waals surface area contributed by atoms with E-state index < -0.39 is 4.92 Å². The van der Waals surface area contributed by atoms with Gasteiger partial charge in [0.2, 0.25) is 0 Å². The molecule has 1 N–H and O–H groups in total. The first-order chi connectivity index (χ1) is 9.54. The van der Waals surface area contributed by atoms with Crippen molar-refractivity contribution >= 4 is 23.2 Å². The third-order valence-corrected chi connectivity index (χ3v) is 3.41. The van der Waals surface area contributed by atoms with E-state index in [1.807, 2.05) is 6.92 Å². The van der Waals surface area contributed by atoms with Gasteiger partial charge in [0.05, 0.1) is 11.0 Å². The number of rotatable bonds is 5. The van der Waals surface area contributed by atoms with Crippen LogP contribution in [0.1, 0.15) is 23.7 Å². The lowest BCUT2D eigenvalue weighted by Gasteiger charge is -2.38. The molecule has 1 aliphatic heterocycles. The molecular formula is C12H15ClN4O3. The van der Waals surface area contributed by atoms with E-state index in [1.165, 1.54) is 6.07 Å². The Bertz CT molecular complexity index is 533. The van der Waals surface area contributed by atoms with Crippen molar-refractivity contribution in [3.8, 4) is 0 Å². The number of nitro groups is 1. The molecule has 0 saturated carbocycles. The Hall–Kier alpha value is -1.73. The number of hydrogen-bond donors (Lipinski definition) is 1. The molecule has 108 valence electrons. The molecule has 0 unspecified atom stereocenters. The summed E-state index contributed by atoms with van der Waals surface area (Å²) in [7, 11) is 0. The molecule has 7 nitrogen and oxygen atoms in total. The van der Waals surface area contributed by atoms with Gasteiger partial charge >= 0.3 is 0 Å². The summed E-state index contributed by atoms with van der Waals surface area (Å²) in [5, 5.41) is 14.2. The monoisotopic (exact) mass is 298 g/mol. The predicted octanol–water partition coefficient (Wildman–Crippen LogP) is 1.47. The Kier molecular flexibility index (Phi) is 4.51. The highest BCUT2D eigenvalue weighted by molar-refractivity contribution is 6.29. The van der Waals surface area contributed by atoms with Crippen molar-refractivity contribution in [2.45, 2.75) is 19.4 Å².